The van der Waals surface area contributed by atoms with E-state index in [1.165, 1.54) is 32.1 Å². The van der Waals surface area contributed by atoms with E-state index in [0.29, 0.717) is 38.1 Å². The lowest BCUT2D eigenvalue weighted by molar-refractivity contribution is -0.147. The highest BCUT2D eigenvalue weighted by atomic mass is 31.1. The summed E-state index contributed by atoms with van der Waals surface area (Å²) in [6.07, 6.45) is 8.17. The van der Waals surface area contributed by atoms with E-state index >= 15 is 0 Å². The lowest BCUT2D eigenvalue weighted by Gasteiger charge is -2.25. The van der Waals surface area contributed by atoms with Gasteiger partial charge in [0.05, 0.1) is 26.9 Å². The molecule has 0 amide bonds. The van der Waals surface area contributed by atoms with Crippen LogP contribution in [0.4, 0.5) is 0 Å². The number of carbonyl (C=O) groups excluding carboxylic acids is 1. The van der Waals surface area contributed by atoms with Gasteiger partial charge >= 0.3 is 5.97 Å². The Morgan fingerprint density at radius 1 is 1.19 bits per heavy atom. The number of ether oxygens (including phenoxy) is 2. The molecule has 0 N–H and O–H groups in total. The van der Waals surface area contributed by atoms with Crippen LogP contribution in [0, 0.1) is 11.8 Å². The number of rotatable bonds is 10. The van der Waals surface area contributed by atoms with Gasteiger partial charge in [0.1, 0.15) is 0 Å². The number of carbonyl (C=O) groups is 1. The van der Waals surface area contributed by atoms with Crippen LogP contribution in [0.15, 0.2) is 0 Å². The molecule has 0 aromatic carbocycles. The van der Waals surface area contributed by atoms with E-state index in [-0.39, 0.29) is 11.9 Å². The van der Waals surface area contributed by atoms with Crippen LogP contribution in [-0.2, 0) is 18.8 Å². The molecule has 0 spiro atoms. The first-order chi connectivity index (χ1) is 10.2. The molecule has 0 bridgehead atoms. The van der Waals surface area contributed by atoms with Crippen LogP contribution < -0.4 is 0 Å². The SMILES string of the molecule is CCOCC[PH](=O)CC(CC1CCCCC1)C(=O)OCC. The molecule has 5 heteroatoms. The van der Waals surface area contributed by atoms with Crippen LogP contribution >= 0.6 is 7.80 Å². The fraction of sp³-hybridized carbons (Fsp3) is 0.938. The molecule has 4 nitrogen and oxygen atoms in total. The summed E-state index contributed by atoms with van der Waals surface area (Å²) in [5, 5.41) is 0. The van der Waals surface area contributed by atoms with Gasteiger partial charge in [-0.1, -0.05) is 32.1 Å². The Balaban J connectivity index is 2.46. The molecule has 124 valence electrons. The summed E-state index contributed by atoms with van der Waals surface area (Å²) >= 11 is 0. The molecule has 0 radical (unpaired) electrons. The summed E-state index contributed by atoms with van der Waals surface area (Å²) in [5.41, 5.74) is 0. The summed E-state index contributed by atoms with van der Waals surface area (Å²) in [6, 6.07) is 0. The van der Waals surface area contributed by atoms with E-state index in [0.717, 1.165) is 6.42 Å². The van der Waals surface area contributed by atoms with Crippen LogP contribution in [0.2, 0.25) is 0 Å². The summed E-state index contributed by atoms with van der Waals surface area (Å²) < 4.78 is 22.6. The Kier molecular flexibility index (Phi) is 10.0. The molecule has 21 heavy (non-hydrogen) atoms. The summed E-state index contributed by atoms with van der Waals surface area (Å²) in [5.74, 6) is 0.272. The molecule has 1 saturated carbocycles. The second-order valence-electron chi connectivity index (χ2n) is 5.88. The molecule has 0 heterocycles. The third kappa shape index (κ3) is 8.01. The molecule has 2 atom stereocenters. The standard InChI is InChI=1S/C16H31O4P/c1-3-19-10-11-21(18)13-15(16(17)20-4-2)12-14-8-6-5-7-9-14/h14-15,21H,3-13H2,1-2H3. The lowest BCUT2D eigenvalue weighted by Crippen LogP contribution is -2.24. The van der Waals surface area contributed by atoms with Crippen molar-refractivity contribution in [3.05, 3.63) is 0 Å². The third-order valence-corrected chi connectivity index (χ3v) is 5.88. The monoisotopic (exact) mass is 318 g/mol. The number of esters is 1. The minimum Gasteiger partial charge on any atom is -0.466 e. The fourth-order valence-electron chi connectivity index (χ4n) is 3.06. The maximum atomic E-state index is 12.2. The van der Waals surface area contributed by atoms with Crippen molar-refractivity contribution >= 4 is 13.8 Å². The number of hydrogen-bond acceptors (Lipinski definition) is 4. The van der Waals surface area contributed by atoms with Crippen molar-refractivity contribution in [3.8, 4) is 0 Å². The van der Waals surface area contributed by atoms with Crippen molar-refractivity contribution in [1.29, 1.82) is 0 Å². The fourth-order valence-corrected chi connectivity index (χ4v) is 4.51. The topological polar surface area (TPSA) is 52.6 Å². The Morgan fingerprint density at radius 2 is 1.90 bits per heavy atom. The molecule has 0 aromatic heterocycles. The zero-order valence-electron chi connectivity index (χ0n) is 13.6. The highest BCUT2D eigenvalue weighted by molar-refractivity contribution is 7.44. The second kappa shape index (κ2) is 11.3. The van der Waals surface area contributed by atoms with Crippen molar-refractivity contribution in [2.24, 2.45) is 11.8 Å². The zero-order valence-corrected chi connectivity index (χ0v) is 14.6. The molecule has 0 aromatic rings. The van der Waals surface area contributed by atoms with Crippen molar-refractivity contribution < 1.29 is 18.8 Å². The Bertz CT molecular complexity index is 313. The normalized spacial score (nSPS) is 19.1. The first-order valence-electron chi connectivity index (χ1n) is 8.43. The molecular weight excluding hydrogens is 287 g/mol. The predicted molar refractivity (Wildman–Crippen MR) is 86.5 cm³/mol. The first-order valence-corrected chi connectivity index (χ1v) is 10.3. The van der Waals surface area contributed by atoms with Gasteiger partial charge < -0.3 is 14.0 Å². The minimum atomic E-state index is -1.75. The van der Waals surface area contributed by atoms with Crippen LogP contribution in [0.5, 0.6) is 0 Å². The molecule has 1 aliphatic carbocycles. The van der Waals surface area contributed by atoms with Crippen LogP contribution in [0.3, 0.4) is 0 Å². The molecule has 0 aliphatic heterocycles. The maximum absolute atomic E-state index is 12.2. The molecular formula is C16H31O4P. The summed E-state index contributed by atoms with van der Waals surface area (Å²) in [4.78, 5) is 12.1. The lowest BCUT2D eigenvalue weighted by atomic mass is 9.83. The predicted octanol–water partition coefficient (Wildman–Crippen LogP) is 3.73. The molecule has 1 fully saturated rings. The van der Waals surface area contributed by atoms with E-state index in [1.54, 1.807) is 0 Å². The summed E-state index contributed by atoms with van der Waals surface area (Å²) in [7, 11) is -1.75. The smallest absolute Gasteiger partial charge is 0.309 e. The van der Waals surface area contributed by atoms with Gasteiger partial charge in [0.15, 0.2) is 0 Å². The van der Waals surface area contributed by atoms with Crippen molar-refractivity contribution in [2.45, 2.75) is 52.4 Å². The van der Waals surface area contributed by atoms with E-state index < -0.39 is 7.80 Å². The van der Waals surface area contributed by atoms with Gasteiger partial charge in [0.25, 0.3) is 0 Å². The Hall–Kier alpha value is -0.340. The van der Waals surface area contributed by atoms with E-state index in [4.69, 9.17) is 9.47 Å². The van der Waals surface area contributed by atoms with E-state index in [2.05, 4.69) is 0 Å². The van der Waals surface area contributed by atoms with Crippen molar-refractivity contribution in [2.75, 3.05) is 32.1 Å². The minimum absolute atomic E-state index is 0.155. The number of hydrogen-bond donors (Lipinski definition) is 0. The second-order valence-corrected chi connectivity index (χ2v) is 7.86. The molecule has 2 unspecified atom stereocenters. The van der Waals surface area contributed by atoms with Gasteiger partial charge in [-0.25, -0.2) is 0 Å². The van der Waals surface area contributed by atoms with Gasteiger partial charge in [0, 0.05) is 18.9 Å². The van der Waals surface area contributed by atoms with Crippen LogP contribution in [0.25, 0.3) is 0 Å². The van der Waals surface area contributed by atoms with Gasteiger partial charge in [-0.2, -0.15) is 0 Å². The van der Waals surface area contributed by atoms with Crippen molar-refractivity contribution in [3.63, 3.8) is 0 Å². The average molecular weight is 318 g/mol. The first kappa shape index (κ1) is 18.7. The third-order valence-electron chi connectivity index (χ3n) is 4.17. The van der Waals surface area contributed by atoms with Crippen LogP contribution in [-0.4, -0.2) is 38.1 Å². The van der Waals surface area contributed by atoms with Gasteiger partial charge in [-0.05, 0) is 26.2 Å². The highest BCUT2D eigenvalue weighted by Gasteiger charge is 2.26. The zero-order chi connectivity index (χ0) is 15.5. The highest BCUT2D eigenvalue weighted by Crippen LogP contribution is 2.33. The van der Waals surface area contributed by atoms with Crippen molar-refractivity contribution in [1.82, 2.24) is 0 Å². The largest absolute Gasteiger partial charge is 0.466 e. The van der Waals surface area contributed by atoms with Crippen LogP contribution in [0.1, 0.15) is 52.4 Å². The molecule has 1 rings (SSSR count). The maximum Gasteiger partial charge on any atom is 0.309 e. The van der Waals surface area contributed by atoms with Gasteiger partial charge in [-0.15, -0.1) is 0 Å². The summed E-state index contributed by atoms with van der Waals surface area (Å²) in [6.45, 7) is 5.35. The quantitative estimate of drug-likeness (QED) is 0.350. The molecule has 0 saturated heterocycles. The van der Waals surface area contributed by atoms with E-state index in [1.807, 2.05) is 13.8 Å². The molecule has 1 aliphatic rings. The average Bonchev–Trinajstić information content (AvgIpc) is 2.48. The van der Waals surface area contributed by atoms with Gasteiger partial charge in [-0.3, -0.25) is 4.79 Å². The van der Waals surface area contributed by atoms with E-state index in [9.17, 15) is 9.36 Å². The Morgan fingerprint density at radius 3 is 2.52 bits per heavy atom. The van der Waals surface area contributed by atoms with Gasteiger partial charge in [0.2, 0.25) is 0 Å². The Labute approximate surface area is 129 Å².